The molecule has 6 heteroatoms. The van der Waals surface area contributed by atoms with Crippen LogP contribution < -0.4 is 5.32 Å². The van der Waals surface area contributed by atoms with Gasteiger partial charge in [-0.3, -0.25) is 0 Å². The fourth-order valence-corrected chi connectivity index (χ4v) is 3.12. The van der Waals surface area contributed by atoms with E-state index in [4.69, 9.17) is 9.84 Å². The summed E-state index contributed by atoms with van der Waals surface area (Å²) in [6.07, 6.45) is -2.44. The number of carbonyl (C=O) groups is 2. The minimum atomic E-state index is -1.68. The molecule has 3 N–H and O–H groups in total. The predicted molar refractivity (Wildman–Crippen MR) is 91.3 cm³/mol. The third-order valence-electron chi connectivity index (χ3n) is 4.42. The standard InChI is InChI=1S/C19H19NO5/c1-11(17(21)18(22)23)20-19(24)25-10-16-14-8-4-2-6-12(14)13-7-3-5-9-15(13)16/h2-9,11,16-17,21H,10H2,1H3,(H,20,24)(H,22,23)/t11-,17?/m1/s1. The Morgan fingerprint density at radius 3 is 2.12 bits per heavy atom. The Morgan fingerprint density at radius 1 is 1.08 bits per heavy atom. The lowest BCUT2D eigenvalue weighted by Crippen LogP contribution is -2.45. The summed E-state index contributed by atoms with van der Waals surface area (Å²) in [5.74, 6) is -1.47. The van der Waals surface area contributed by atoms with Crippen molar-refractivity contribution < 1.29 is 24.5 Å². The fourth-order valence-electron chi connectivity index (χ4n) is 3.12. The Balaban J connectivity index is 1.69. The van der Waals surface area contributed by atoms with Gasteiger partial charge in [0.1, 0.15) is 6.61 Å². The molecule has 2 aromatic carbocycles. The van der Waals surface area contributed by atoms with Gasteiger partial charge in [-0.05, 0) is 29.2 Å². The summed E-state index contributed by atoms with van der Waals surface area (Å²) in [5.41, 5.74) is 4.44. The normalized spacial score (nSPS) is 15.0. The molecule has 0 aliphatic heterocycles. The lowest BCUT2D eigenvalue weighted by Gasteiger charge is -2.18. The SMILES string of the molecule is C[C@@H](NC(=O)OCC1c2ccccc2-c2ccccc21)C(O)C(=O)O. The maximum Gasteiger partial charge on any atom is 0.407 e. The number of hydrogen-bond acceptors (Lipinski definition) is 4. The second kappa shape index (κ2) is 6.94. The van der Waals surface area contributed by atoms with Crippen LogP contribution in [0, 0.1) is 0 Å². The minimum absolute atomic E-state index is 0.0714. The van der Waals surface area contributed by atoms with Crippen molar-refractivity contribution >= 4 is 12.1 Å². The summed E-state index contributed by atoms with van der Waals surface area (Å²) in [6.45, 7) is 1.54. The Hall–Kier alpha value is -2.86. The molecule has 0 spiro atoms. The van der Waals surface area contributed by atoms with Crippen LogP contribution in [0.25, 0.3) is 11.1 Å². The molecule has 0 bridgehead atoms. The van der Waals surface area contributed by atoms with Crippen molar-refractivity contribution in [3.8, 4) is 11.1 Å². The van der Waals surface area contributed by atoms with E-state index in [0.717, 1.165) is 22.3 Å². The Kier molecular flexibility index (Phi) is 4.72. The summed E-state index contributed by atoms with van der Waals surface area (Å²) in [6, 6.07) is 15.0. The highest BCUT2D eigenvalue weighted by Crippen LogP contribution is 2.44. The lowest BCUT2D eigenvalue weighted by atomic mass is 9.98. The van der Waals surface area contributed by atoms with Crippen LogP contribution in [-0.2, 0) is 9.53 Å². The minimum Gasteiger partial charge on any atom is -0.479 e. The summed E-state index contributed by atoms with van der Waals surface area (Å²) in [5, 5.41) is 20.5. The summed E-state index contributed by atoms with van der Waals surface area (Å²) in [7, 11) is 0. The van der Waals surface area contributed by atoms with Crippen LogP contribution in [0.5, 0.6) is 0 Å². The number of carboxylic acid groups (broad SMARTS) is 1. The van der Waals surface area contributed by atoms with Crippen LogP contribution in [0.15, 0.2) is 48.5 Å². The zero-order valence-electron chi connectivity index (χ0n) is 13.7. The van der Waals surface area contributed by atoms with E-state index in [1.165, 1.54) is 6.92 Å². The number of carbonyl (C=O) groups excluding carboxylic acids is 1. The number of aliphatic carboxylic acids is 1. The average molecular weight is 341 g/mol. The number of alkyl carbamates (subject to hydrolysis) is 1. The van der Waals surface area contributed by atoms with Gasteiger partial charge in [-0.25, -0.2) is 9.59 Å². The van der Waals surface area contributed by atoms with E-state index in [0.29, 0.717) is 0 Å². The third kappa shape index (κ3) is 3.34. The quantitative estimate of drug-likeness (QED) is 0.776. The topological polar surface area (TPSA) is 95.9 Å². The van der Waals surface area contributed by atoms with Crippen molar-refractivity contribution in [2.24, 2.45) is 0 Å². The van der Waals surface area contributed by atoms with E-state index in [1.807, 2.05) is 48.5 Å². The first-order valence-electron chi connectivity index (χ1n) is 8.01. The van der Waals surface area contributed by atoms with Gasteiger partial charge in [0.25, 0.3) is 0 Å². The molecule has 0 saturated heterocycles. The number of fused-ring (bicyclic) bond motifs is 3. The predicted octanol–water partition coefficient (Wildman–Crippen LogP) is 2.36. The van der Waals surface area contributed by atoms with Crippen molar-refractivity contribution in [2.45, 2.75) is 25.0 Å². The van der Waals surface area contributed by atoms with Crippen LogP contribution in [0.4, 0.5) is 4.79 Å². The molecule has 0 heterocycles. The number of ether oxygens (including phenoxy) is 1. The van der Waals surface area contributed by atoms with Crippen molar-refractivity contribution in [3.63, 3.8) is 0 Å². The summed E-state index contributed by atoms with van der Waals surface area (Å²) >= 11 is 0. The van der Waals surface area contributed by atoms with E-state index in [-0.39, 0.29) is 12.5 Å². The molecular weight excluding hydrogens is 322 g/mol. The highest BCUT2D eigenvalue weighted by molar-refractivity contribution is 5.79. The van der Waals surface area contributed by atoms with Gasteiger partial charge in [-0.2, -0.15) is 0 Å². The largest absolute Gasteiger partial charge is 0.479 e. The third-order valence-corrected chi connectivity index (χ3v) is 4.42. The maximum atomic E-state index is 11.9. The average Bonchev–Trinajstić information content (AvgIpc) is 2.93. The molecule has 0 fully saturated rings. The molecule has 0 aromatic heterocycles. The molecule has 2 atom stereocenters. The van der Waals surface area contributed by atoms with Crippen LogP contribution in [0.3, 0.4) is 0 Å². The molecule has 1 aliphatic rings. The molecule has 6 nitrogen and oxygen atoms in total. The molecule has 2 aromatic rings. The van der Waals surface area contributed by atoms with Crippen molar-refractivity contribution in [3.05, 3.63) is 59.7 Å². The Labute approximate surface area is 145 Å². The molecule has 25 heavy (non-hydrogen) atoms. The monoisotopic (exact) mass is 341 g/mol. The maximum absolute atomic E-state index is 11.9. The Morgan fingerprint density at radius 2 is 1.60 bits per heavy atom. The number of amides is 1. The molecular formula is C19H19NO5. The summed E-state index contributed by atoms with van der Waals surface area (Å²) < 4.78 is 5.29. The summed E-state index contributed by atoms with van der Waals surface area (Å²) in [4.78, 5) is 22.6. The molecule has 130 valence electrons. The van der Waals surface area contributed by atoms with E-state index < -0.39 is 24.2 Å². The van der Waals surface area contributed by atoms with Gasteiger partial charge in [0, 0.05) is 5.92 Å². The molecule has 1 aliphatic carbocycles. The van der Waals surface area contributed by atoms with Gasteiger partial charge in [0.15, 0.2) is 6.10 Å². The zero-order chi connectivity index (χ0) is 18.0. The van der Waals surface area contributed by atoms with Crippen LogP contribution in [0.1, 0.15) is 24.0 Å². The molecule has 1 amide bonds. The van der Waals surface area contributed by atoms with Gasteiger partial charge in [-0.15, -0.1) is 0 Å². The van der Waals surface area contributed by atoms with Crippen LogP contribution in [-0.4, -0.2) is 41.0 Å². The highest BCUT2D eigenvalue weighted by Gasteiger charge is 2.29. The lowest BCUT2D eigenvalue weighted by molar-refractivity contribution is -0.147. The number of hydrogen-bond donors (Lipinski definition) is 3. The van der Waals surface area contributed by atoms with E-state index in [9.17, 15) is 14.7 Å². The number of aliphatic hydroxyl groups excluding tert-OH is 1. The Bertz CT molecular complexity index is 758. The number of aliphatic hydroxyl groups is 1. The second-order valence-electron chi connectivity index (χ2n) is 6.04. The van der Waals surface area contributed by atoms with Crippen LogP contribution in [0.2, 0.25) is 0 Å². The van der Waals surface area contributed by atoms with Gasteiger partial charge in [0.2, 0.25) is 0 Å². The van der Waals surface area contributed by atoms with Gasteiger partial charge < -0.3 is 20.3 Å². The van der Waals surface area contributed by atoms with Gasteiger partial charge >= 0.3 is 12.1 Å². The number of nitrogens with one attached hydrogen (secondary N) is 1. The molecule has 3 rings (SSSR count). The number of carboxylic acids is 1. The van der Waals surface area contributed by atoms with Gasteiger partial charge in [-0.1, -0.05) is 48.5 Å². The van der Waals surface area contributed by atoms with Crippen molar-refractivity contribution in [1.82, 2.24) is 5.32 Å². The van der Waals surface area contributed by atoms with Gasteiger partial charge in [0.05, 0.1) is 6.04 Å². The number of benzene rings is 2. The van der Waals surface area contributed by atoms with Crippen molar-refractivity contribution in [2.75, 3.05) is 6.61 Å². The first-order valence-corrected chi connectivity index (χ1v) is 8.01. The first kappa shape index (κ1) is 17.0. The highest BCUT2D eigenvalue weighted by atomic mass is 16.5. The van der Waals surface area contributed by atoms with Crippen molar-refractivity contribution in [1.29, 1.82) is 0 Å². The van der Waals surface area contributed by atoms with E-state index in [2.05, 4.69) is 5.32 Å². The molecule has 1 unspecified atom stereocenters. The number of rotatable bonds is 5. The van der Waals surface area contributed by atoms with Crippen LogP contribution >= 0.6 is 0 Å². The first-order chi connectivity index (χ1) is 12.0. The van der Waals surface area contributed by atoms with E-state index >= 15 is 0 Å². The fraction of sp³-hybridized carbons (Fsp3) is 0.263. The smallest absolute Gasteiger partial charge is 0.407 e. The molecule has 0 radical (unpaired) electrons. The zero-order valence-corrected chi connectivity index (χ0v) is 13.7. The molecule has 0 saturated carbocycles. The van der Waals surface area contributed by atoms with E-state index in [1.54, 1.807) is 0 Å². The second-order valence-corrected chi connectivity index (χ2v) is 6.04.